The number of phenols is 1. The van der Waals surface area contributed by atoms with E-state index in [0.29, 0.717) is 42.0 Å². The van der Waals surface area contributed by atoms with Crippen molar-refractivity contribution < 1.29 is 9.90 Å². The molecular formula is C34H41ClN4O2S. The first-order chi connectivity index (χ1) is 19.7. The van der Waals surface area contributed by atoms with Gasteiger partial charge in [-0.2, -0.15) is 0 Å². The van der Waals surface area contributed by atoms with Gasteiger partial charge in [-0.3, -0.25) is 4.79 Å². The number of piperidine rings is 1. The molecule has 0 atom stereocenters. The van der Waals surface area contributed by atoms with Crippen LogP contribution in [0, 0.1) is 6.92 Å². The summed E-state index contributed by atoms with van der Waals surface area (Å²) in [5.41, 5.74) is 6.00. The molecule has 42 heavy (non-hydrogen) atoms. The highest BCUT2D eigenvalue weighted by atomic mass is 35.5. The van der Waals surface area contributed by atoms with Crippen LogP contribution in [0.15, 0.2) is 48.1 Å². The molecule has 3 heterocycles. The Morgan fingerprint density at radius 2 is 1.62 bits per heavy atom. The molecule has 222 valence electrons. The van der Waals surface area contributed by atoms with Crippen LogP contribution in [0.1, 0.15) is 98.2 Å². The number of aromatic hydroxyl groups is 1. The minimum absolute atomic E-state index is 0.00542. The van der Waals surface area contributed by atoms with Crippen LogP contribution < -0.4 is 0 Å². The zero-order chi connectivity index (χ0) is 30.4. The number of hydrogen-bond donors (Lipinski definition) is 1. The molecule has 4 aromatic rings. The molecule has 2 aromatic heterocycles. The Bertz CT molecular complexity index is 1550. The Morgan fingerprint density at radius 3 is 2.19 bits per heavy atom. The van der Waals surface area contributed by atoms with Crippen LogP contribution in [-0.4, -0.2) is 43.5 Å². The molecule has 1 aliphatic rings. The Balaban J connectivity index is 1.28. The fraction of sp³-hybridized carbons (Fsp3) is 0.441. The topological polar surface area (TPSA) is 71.2 Å². The van der Waals surface area contributed by atoms with Gasteiger partial charge in [-0.05, 0) is 60.4 Å². The summed E-state index contributed by atoms with van der Waals surface area (Å²) >= 11 is 7.72. The molecule has 0 unspecified atom stereocenters. The van der Waals surface area contributed by atoms with Gasteiger partial charge in [0.15, 0.2) is 0 Å². The summed E-state index contributed by atoms with van der Waals surface area (Å²) in [5, 5.41) is 15.1. The van der Waals surface area contributed by atoms with Crippen molar-refractivity contribution in [1.29, 1.82) is 0 Å². The molecule has 1 N–H and O–H groups in total. The van der Waals surface area contributed by atoms with E-state index in [4.69, 9.17) is 16.6 Å². The van der Waals surface area contributed by atoms with Gasteiger partial charge in [-0.25, -0.2) is 9.97 Å². The number of rotatable bonds is 5. The number of likely N-dealkylation sites (tertiary alicyclic amines) is 1. The summed E-state index contributed by atoms with van der Waals surface area (Å²) in [7, 11) is 0. The first-order valence-corrected chi connectivity index (χ1v) is 15.9. The number of amides is 1. The second-order valence-corrected chi connectivity index (χ2v) is 14.8. The Morgan fingerprint density at radius 1 is 1.02 bits per heavy atom. The molecule has 2 aromatic carbocycles. The summed E-state index contributed by atoms with van der Waals surface area (Å²) in [4.78, 5) is 24.9. The normalized spacial score (nSPS) is 14.9. The second kappa shape index (κ2) is 11.5. The van der Waals surface area contributed by atoms with Gasteiger partial charge >= 0.3 is 0 Å². The van der Waals surface area contributed by atoms with E-state index in [1.54, 1.807) is 17.7 Å². The Labute approximate surface area is 258 Å². The van der Waals surface area contributed by atoms with Gasteiger partial charge in [0.1, 0.15) is 11.4 Å². The predicted octanol–water partition coefficient (Wildman–Crippen LogP) is 8.34. The Hall–Kier alpha value is -3.16. The molecule has 5 rings (SSSR count). The molecule has 1 aliphatic heterocycles. The molecule has 1 fully saturated rings. The first-order valence-electron chi connectivity index (χ1n) is 14.6. The number of carbonyl (C=O) groups excluding carboxylic acids is 1. The van der Waals surface area contributed by atoms with Gasteiger partial charge in [0.2, 0.25) is 0 Å². The van der Waals surface area contributed by atoms with Crippen LogP contribution in [0.4, 0.5) is 0 Å². The zero-order valence-corrected chi connectivity index (χ0v) is 27.2. The largest absolute Gasteiger partial charge is 0.507 e. The van der Waals surface area contributed by atoms with E-state index >= 15 is 0 Å². The number of imidazole rings is 1. The van der Waals surface area contributed by atoms with Crippen LogP contribution in [0.3, 0.4) is 0 Å². The standard InChI is InChI=1S/C34H41ClN4O2S/c1-21-29(36-20-39(21)18-22-8-10-25(35)11-9-22)32(41)38-14-12-23(13-15-38)31-37-28(19-42-31)24-16-26(33(2,3)4)30(40)27(17-24)34(5,6)7/h8-11,16-17,19-20,23,40H,12-15,18H2,1-7H3. The van der Waals surface area contributed by atoms with Crippen molar-refractivity contribution in [2.24, 2.45) is 0 Å². The van der Waals surface area contributed by atoms with Gasteiger partial charge in [-0.15, -0.1) is 11.3 Å². The van der Waals surface area contributed by atoms with Crippen LogP contribution in [0.5, 0.6) is 5.75 Å². The number of aromatic nitrogens is 3. The van der Waals surface area contributed by atoms with Crippen LogP contribution >= 0.6 is 22.9 Å². The van der Waals surface area contributed by atoms with Gasteiger partial charge in [0.25, 0.3) is 5.91 Å². The highest BCUT2D eigenvalue weighted by molar-refractivity contribution is 7.10. The summed E-state index contributed by atoms with van der Waals surface area (Å²) in [6.45, 7) is 16.8. The number of halogens is 1. The molecule has 0 spiro atoms. The minimum atomic E-state index is -0.192. The van der Waals surface area contributed by atoms with E-state index in [2.05, 4.69) is 64.0 Å². The lowest BCUT2D eigenvalue weighted by atomic mass is 9.78. The fourth-order valence-corrected chi connectivity index (χ4v) is 6.74. The number of phenolic OH excluding ortho intramolecular Hbond substituents is 1. The third-order valence-corrected chi connectivity index (χ3v) is 9.50. The van der Waals surface area contributed by atoms with E-state index in [1.165, 1.54) is 0 Å². The second-order valence-electron chi connectivity index (χ2n) is 13.5. The van der Waals surface area contributed by atoms with Crippen molar-refractivity contribution in [2.75, 3.05) is 13.1 Å². The monoisotopic (exact) mass is 604 g/mol. The van der Waals surface area contributed by atoms with Crippen molar-refractivity contribution in [3.63, 3.8) is 0 Å². The quantitative estimate of drug-likeness (QED) is 0.248. The average Bonchev–Trinajstić information content (AvgIpc) is 3.56. The van der Waals surface area contributed by atoms with E-state index < -0.39 is 0 Å². The lowest BCUT2D eigenvalue weighted by molar-refractivity contribution is 0.0706. The van der Waals surface area contributed by atoms with Crippen molar-refractivity contribution in [1.82, 2.24) is 19.4 Å². The number of carbonyl (C=O) groups is 1. The average molecular weight is 605 g/mol. The molecule has 0 radical (unpaired) electrons. The SMILES string of the molecule is Cc1c(C(=O)N2CCC(c3nc(-c4cc(C(C)(C)C)c(O)c(C(C)(C)C)c4)cs3)CC2)ncn1Cc1ccc(Cl)cc1. The van der Waals surface area contributed by atoms with Gasteiger partial charge < -0.3 is 14.6 Å². The summed E-state index contributed by atoms with van der Waals surface area (Å²) in [6, 6.07) is 11.9. The molecule has 1 saturated heterocycles. The highest BCUT2D eigenvalue weighted by Gasteiger charge is 2.30. The molecule has 1 amide bonds. The molecular weight excluding hydrogens is 564 g/mol. The molecule has 0 aliphatic carbocycles. The summed E-state index contributed by atoms with van der Waals surface area (Å²) < 4.78 is 2.01. The molecule has 0 saturated carbocycles. The number of benzene rings is 2. The lowest BCUT2D eigenvalue weighted by Crippen LogP contribution is -2.38. The van der Waals surface area contributed by atoms with E-state index in [1.807, 2.05) is 40.7 Å². The maximum atomic E-state index is 13.4. The molecule has 8 heteroatoms. The van der Waals surface area contributed by atoms with E-state index in [9.17, 15) is 9.90 Å². The smallest absolute Gasteiger partial charge is 0.274 e. The van der Waals surface area contributed by atoms with Crippen LogP contribution in [0.2, 0.25) is 5.02 Å². The third kappa shape index (κ3) is 6.28. The van der Waals surface area contributed by atoms with Crippen molar-refractivity contribution in [3.05, 3.63) is 86.2 Å². The number of nitrogens with zero attached hydrogens (tertiary/aromatic N) is 4. The minimum Gasteiger partial charge on any atom is -0.507 e. The maximum Gasteiger partial charge on any atom is 0.274 e. The third-order valence-electron chi connectivity index (χ3n) is 8.24. The number of thiazole rings is 1. The van der Waals surface area contributed by atoms with Gasteiger partial charge in [-0.1, -0.05) is 65.3 Å². The van der Waals surface area contributed by atoms with Crippen molar-refractivity contribution in [3.8, 4) is 17.0 Å². The van der Waals surface area contributed by atoms with E-state index in [-0.39, 0.29) is 16.7 Å². The predicted molar refractivity (Wildman–Crippen MR) is 172 cm³/mol. The number of hydrogen-bond acceptors (Lipinski definition) is 5. The molecule has 0 bridgehead atoms. The Kier molecular flexibility index (Phi) is 8.29. The van der Waals surface area contributed by atoms with Crippen LogP contribution in [-0.2, 0) is 17.4 Å². The van der Waals surface area contributed by atoms with Gasteiger partial charge in [0.05, 0.1) is 17.0 Å². The summed E-state index contributed by atoms with van der Waals surface area (Å²) in [5.74, 6) is 0.697. The zero-order valence-electron chi connectivity index (χ0n) is 25.7. The van der Waals surface area contributed by atoms with E-state index in [0.717, 1.165) is 51.5 Å². The summed E-state index contributed by atoms with van der Waals surface area (Å²) in [6.07, 6.45) is 3.50. The first kappa shape index (κ1) is 30.3. The van der Waals surface area contributed by atoms with Gasteiger partial charge in [0, 0.05) is 58.3 Å². The lowest BCUT2D eigenvalue weighted by Gasteiger charge is -2.31. The fourth-order valence-electron chi connectivity index (χ4n) is 5.61. The van der Waals surface area contributed by atoms with Crippen LogP contribution in [0.25, 0.3) is 11.3 Å². The molecule has 6 nitrogen and oxygen atoms in total. The van der Waals surface area contributed by atoms with Crippen molar-refractivity contribution in [2.45, 2.75) is 84.6 Å². The van der Waals surface area contributed by atoms with Crippen molar-refractivity contribution >= 4 is 28.8 Å². The maximum absolute atomic E-state index is 13.4. The highest BCUT2D eigenvalue weighted by Crippen LogP contribution is 2.42.